The molecule has 5 aromatic rings. The van der Waals surface area contributed by atoms with Crippen molar-refractivity contribution in [3.63, 3.8) is 0 Å². The predicted octanol–water partition coefficient (Wildman–Crippen LogP) is 6.23. The number of para-hydroxylation sites is 1. The van der Waals surface area contributed by atoms with Gasteiger partial charge >= 0.3 is 0 Å². The third-order valence-corrected chi connectivity index (χ3v) is 5.23. The number of benzene rings is 4. The molecule has 0 bridgehead atoms. The van der Waals surface area contributed by atoms with Gasteiger partial charge in [-0.1, -0.05) is 78.0 Å². The van der Waals surface area contributed by atoms with E-state index < -0.39 is 0 Å². The van der Waals surface area contributed by atoms with E-state index in [9.17, 15) is 4.79 Å². The van der Waals surface area contributed by atoms with E-state index in [2.05, 4.69) is 15.5 Å². The molecule has 0 saturated heterocycles. The van der Waals surface area contributed by atoms with Crippen molar-refractivity contribution in [2.75, 3.05) is 5.32 Å². The fourth-order valence-corrected chi connectivity index (χ4v) is 3.45. The number of amides is 1. The number of aromatic nitrogens is 2. The molecule has 4 aromatic carbocycles. The molecule has 6 heteroatoms. The van der Waals surface area contributed by atoms with Crippen molar-refractivity contribution in [3.8, 4) is 28.6 Å². The van der Waals surface area contributed by atoms with E-state index in [1.807, 2.05) is 78.9 Å². The summed E-state index contributed by atoms with van der Waals surface area (Å²) in [6.07, 6.45) is 0. The van der Waals surface area contributed by atoms with Crippen molar-refractivity contribution in [3.05, 3.63) is 120 Å². The van der Waals surface area contributed by atoms with Gasteiger partial charge in [-0.15, -0.1) is 0 Å². The minimum absolute atomic E-state index is 0.246. The number of hydrogen-bond acceptors (Lipinski definition) is 5. The standard InChI is InChI=1S/C28H21N3O3/c32-27(22-15-17-23(18-16-22)33-19-20-9-3-1-4-10-20)29-25-14-8-7-13-24(25)28-30-26(31-34-28)21-11-5-2-6-12-21/h1-18H,19H2,(H,29,32). The zero-order valence-electron chi connectivity index (χ0n) is 18.2. The molecule has 0 saturated carbocycles. The van der Waals surface area contributed by atoms with E-state index in [1.54, 1.807) is 30.3 Å². The highest BCUT2D eigenvalue weighted by atomic mass is 16.5. The number of carbonyl (C=O) groups excluding carboxylic acids is 1. The zero-order chi connectivity index (χ0) is 23.2. The molecule has 166 valence electrons. The third-order valence-electron chi connectivity index (χ3n) is 5.23. The van der Waals surface area contributed by atoms with Gasteiger partial charge in [0.25, 0.3) is 11.8 Å². The normalized spacial score (nSPS) is 10.6. The molecule has 34 heavy (non-hydrogen) atoms. The number of carbonyl (C=O) groups is 1. The first kappa shape index (κ1) is 21.2. The summed E-state index contributed by atoms with van der Waals surface area (Å²) in [5.74, 6) is 1.27. The second-order valence-electron chi connectivity index (χ2n) is 7.59. The van der Waals surface area contributed by atoms with Gasteiger partial charge in [0.2, 0.25) is 5.82 Å². The third kappa shape index (κ3) is 4.86. The lowest BCUT2D eigenvalue weighted by molar-refractivity contribution is 0.102. The second-order valence-corrected chi connectivity index (χ2v) is 7.59. The lowest BCUT2D eigenvalue weighted by Crippen LogP contribution is -2.12. The first-order valence-electron chi connectivity index (χ1n) is 10.8. The topological polar surface area (TPSA) is 77.3 Å². The Morgan fingerprint density at radius 1 is 0.794 bits per heavy atom. The van der Waals surface area contributed by atoms with Crippen LogP contribution in [-0.2, 0) is 6.61 Å². The molecule has 6 nitrogen and oxygen atoms in total. The lowest BCUT2D eigenvalue weighted by atomic mass is 10.1. The Bertz CT molecular complexity index is 1380. The average Bonchev–Trinajstić information content (AvgIpc) is 3.39. The number of hydrogen-bond donors (Lipinski definition) is 1. The van der Waals surface area contributed by atoms with E-state index in [1.165, 1.54) is 0 Å². The second kappa shape index (κ2) is 9.83. The fraction of sp³-hybridized carbons (Fsp3) is 0.0357. The molecule has 1 N–H and O–H groups in total. The molecular formula is C28H21N3O3. The molecule has 0 atom stereocenters. The zero-order valence-corrected chi connectivity index (χ0v) is 18.2. The molecule has 1 heterocycles. The summed E-state index contributed by atoms with van der Waals surface area (Å²) in [6, 6.07) is 33.9. The summed E-state index contributed by atoms with van der Waals surface area (Å²) < 4.78 is 11.3. The highest BCUT2D eigenvalue weighted by Crippen LogP contribution is 2.29. The van der Waals surface area contributed by atoms with E-state index in [-0.39, 0.29) is 5.91 Å². The Morgan fingerprint density at radius 3 is 2.24 bits per heavy atom. The van der Waals surface area contributed by atoms with Gasteiger partial charge in [-0.3, -0.25) is 4.79 Å². The van der Waals surface area contributed by atoms with E-state index >= 15 is 0 Å². The molecule has 0 aliphatic carbocycles. The van der Waals surface area contributed by atoms with Crippen molar-refractivity contribution in [1.82, 2.24) is 10.1 Å². The highest BCUT2D eigenvalue weighted by Gasteiger charge is 2.16. The van der Waals surface area contributed by atoms with Crippen molar-refractivity contribution in [2.45, 2.75) is 6.61 Å². The van der Waals surface area contributed by atoms with Gasteiger partial charge in [-0.2, -0.15) is 4.98 Å². The van der Waals surface area contributed by atoms with Crippen molar-refractivity contribution in [1.29, 1.82) is 0 Å². The van der Waals surface area contributed by atoms with Crippen LogP contribution >= 0.6 is 0 Å². The average molecular weight is 447 g/mol. The fourth-order valence-electron chi connectivity index (χ4n) is 3.45. The first-order chi connectivity index (χ1) is 16.8. The van der Waals surface area contributed by atoms with Gasteiger partial charge in [-0.25, -0.2) is 0 Å². The SMILES string of the molecule is O=C(Nc1ccccc1-c1nc(-c2ccccc2)no1)c1ccc(OCc2ccccc2)cc1. The monoisotopic (exact) mass is 447 g/mol. The summed E-state index contributed by atoms with van der Waals surface area (Å²) in [4.78, 5) is 17.4. The van der Waals surface area contributed by atoms with Crippen LogP contribution in [0.2, 0.25) is 0 Å². The van der Waals surface area contributed by atoms with Gasteiger partial charge in [0.05, 0.1) is 11.3 Å². The van der Waals surface area contributed by atoms with Crippen molar-refractivity contribution < 1.29 is 14.1 Å². The molecule has 1 amide bonds. The number of rotatable bonds is 7. The minimum Gasteiger partial charge on any atom is -0.489 e. The molecular weight excluding hydrogens is 426 g/mol. The van der Waals surface area contributed by atoms with Crippen LogP contribution in [0.5, 0.6) is 5.75 Å². The Kier molecular flexibility index (Phi) is 6.12. The van der Waals surface area contributed by atoms with E-state index in [0.29, 0.717) is 40.9 Å². The van der Waals surface area contributed by atoms with Crippen LogP contribution in [0.3, 0.4) is 0 Å². The summed E-state index contributed by atoms with van der Waals surface area (Å²) in [7, 11) is 0. The molecule has 0 aliphatic heterocycles. The molecule has 0 aliphatic rings. The van der Waals surface area contributed by atoms with Gasteiger partial charge in [0, 0.05) is 11.1 Å². The lowest BCUT2D eigenvalue weighted by Gasteiger charge is -2.10. The quantitative estimate of drug-likeness (QED) is 0.320. The molecule has 0 spiro atoms. The molecule has 0 radical (unpaired) electrons. The number of ether oxygens (including phenoxy) is 1. The maximum absolute atomic E-state index is 12.9. The smallest absolute Gasteiger partial charge is 0.260 e. The number of nitrogens with zero attached hydrogens (tertiary/aromatic N) is 2. The molecule has 0 unspecified atom stereocenters. The Balaban J connectivity index is 1.29. The Labute approximate surface area is 196 Å². The van der Waals surface area contributed by atoms with E-state index in [0.717, 1.165) is 11.1 Å². The predicted molar refractivity (Wildman–Crippen MR) is 130 cm³/mol. The van der Waals surface area contributed by atoms with Gasteiger partial charge in [0.1, 0.15) is 12.4 Å². The van der Waals surface area contributed by atoms with Crippen LogP contribution in [0.4, 0.5) is 5.69 Å². The number of anilines is 1. The Morgan fingerprint density at radius 2 is 1.47 bits per heavy atom. The van der Waals surface area contributed by atoms with Crippen LogP contribution < -0.4 is 10.1 Å². The van der Waals surface area contributed by atoms with Crippen molar-refractivity contribution in [2.24, 2.45) is 0 Å². The number of nitrogens with one attached hydrogen (secondary N) is 1. The summed E-state index contributed by atoms with van der Waals surface area (Å²) in [6.45, 7) is 0.467. The Hall–Kier alpha value is -4.71. The molecule has 1 aromatic heterocycles. The van der Waals surface area contributed by atoms with Gasteiger partial charge in [-0.05, 0) is 42.0 Å². The highest BCUT2D eigenvalue weighted by molar-refractivity contribution is 6.06. The molecule has 0 fully saturated rings. The maximum atomic E-state index is 12.9. The largest absolute Gasteiger partial charge is 0.489 e. The van der Waals surface area contributed by atoms with Crippen LogP contribution in [0.25, 0.3) is 22.8 Å². The van der Waals surface area contributed by atoms with Crippen LogP contribution in [-0.4, -0.2) is 16.0 Å². The first-order valence-corrected chi connectivity index (χ1v) is 10.8. The molecule has 5 rings (SSSR count). The summed E-state index contributed by atoms with van der Waals surface area (Å²) >= 11 is 0. The summed E-state index contributed by atoms with van der Waals surface area (Å²) in [5.41, 5.74) is 3.68. The van der Waals surface area contributed by atoms with Gasteiger partial charge < -0.3 is 14.6 Å². The summed E-state index contributed by atoms with van der Waals surface area (Å²) in [5, 5.41) is 7.02. The van der Waals surface area contributed by atoms with Crippen LogP contribution in [0, 0.1) is 0 Å². The van der Waals surface area contributed by atoms with Crippen molar-refractivity contribution >= 4 is 11.6 Å². The van der Waals surface area contributed by atoms with Gasteiger partial charge in [0.15, 0.2) is 0 Å². The van der Waals surface area contributed by atoms with Crippen LogP contribution in [0.15, 0.2) is 114 Å². The minimum atomic E-state index is -0.246. The van der Waals surface area contributed by atoms with E-state index in [4.69, 9.17) is 9.26 Å². The maximum Gasteiger partial charge on any atom is 0.260 e. The van der Waals surface area contributed by atoms with Crippen LogP contribution in [0.1, 0.15) is 15.9 Å².